The van der Waals surface area contributed by atoms with Crippen molar-refractivity contribution >= 4 is 34.1 Å². The first-order valence-electron chi connectivity index (χ1n) is 13.4. The Bertz CT molecular complexity index is 1370. The number of unbranched alkanes of at least 4 members (excludes halogenated alkanes) is 1. The van der Waals surface area contributed by atoms with Crippen molar-refractivity contribution < 1.29 is 19.1 Å². The van der Waals surface area contributed by atoms with Crippen LogP contribution in [0.5, 0.6) is 11.5 Å². The summed E-state index contributed by atoms with van der Waals surface area (Å²) in [6, 6.07) is 17.8. The number of thiophene rings is 1. The third-order valence-electron chi connectivity index (χ3n) is 6.87. The molecular formula is C31H37N3O4S. The number of hydrogen-bond acceptors (Lipinski definition) is 5. The maximum atomic E-state index is 13.8. The van der Waals surface area contributed by atoms with Gasteiger partial charge in [0.2, 0.25) is 11.8 Å². The van der Waals surface area contributed by atoms with E-state index in [0.29, 0.717) is 44.0 Å². The van der Waals surface area contributed by atoms with E-state index < -0.39 is 0 Å². The first-order chi connectivity index (χ1) is 19.0. The lowest BCUT2D eigenvalue weighted by Crippen LogP contribution is -2.44. The summed E-state index contributed by atoms with van der Waals surface area (Å²) in [6.07, 6.45) is 4.84. The number of benzene rings is 2. The lowest BCUT2D eigenvalue weighted by atomic mass is 10.1. The fraction of sp³-hybridized carbons (Fsp3) is 0.355. The van der Waals surface area contributed by atoms with Gasteiger partial charge in [0, 0.05) is 41.6 Å². The van der Waals surface area contributed by atoms with E-state index in [1.54, 1.807) is 30.5 Å². The molecule has 0 fully saturated rings. The molecule has 0 bridgehead atoms. The van der Waals surface area contributed by atoms with Crippen LogP contribution in [0.3, 0.4) is 0 Å². The molecule has 0 atom stereocenters. The minimum atomic E-state index is -0.0692. The van der Waals surface area contributed by atoms with Crippen molar-refractivity contribution in [2.75, 3.05) is 33.9 Å². The molecular weight excluding hydrogens is 510 g/mol. The number of ether oxygens (including phenoxy) is 2. The zero-order valence-electron chi connectivity index (χ0n) is 22.9. The van der Waals surface area contributed by atoms with E-state index in [2.05, 4.69) is 24.0 Å². The average molecular weight is 548 g/mol. The zero-order valence-corrected chi connectivity index (χ0v) is 23.8. The number of amides is 2. The molecule has 0 radical (unpaired) electrons. The molecule has 39 heavy (non-hydrogen) atoms. The number of rotatable bonds is 14. The zero-order chi connectivity index (χ0) is 27.6. The number of nitrogens with zero attached hydrogens (tertiary/aromatic N) is 2. The second-order valence-corrected chi connectivity index (χ2v) is 10.6. The van der Waals surface area contributed by atoms with Crippen LogP contribution in [-0.4, -0.2) is 60.5 Å². The number of aromatic amines is 1. The highest BCUT2D eigenvalue weighted by Crippen LogP contribution is 2.28. The molecule has 0 aliphatic rings. The number of fused-ring (bicyclic) bond motifs is 1. The minimum Gasteiger partial charge on any atom is -0.493 e. The predicted molar refractivity (Wildman–Crippen MR) is 156 cm³/mol. The average Bonchev–Trinajstić information content (AvgIpc) is 3.62. The van der Waals surface area contributed by atoms with Crippen molar-refractivity contribution in [1.82, 2.24) is 14.8 Å². The fourth-order valence-corrected chi connectivity index (χ4v) is 5.36. The van der Waals surface area contributed by atoms with E-state index in [-0.39, 0.29) is 18.4 Å². The van der Waals surface area contributed by atoms with E-state index >= 15 is 0 Å². The molecule has 2 amide bonds. The molecule has 0 saturated heterocycles. The number of nitrogens with one attached hydrogen (secondary N) is 1. The van der Waals surface area contributed by atoms with Gasteiger partial charge in [0.15, 0.2) is 11.5 Å². The normalized spacial score (nSPS) is 10.9. The smallest absolute Gasteiger partial charge is 0.242 e. The lowest BCUT2D eigenvalue weighted by molar-refractivity contribution is -0.140. The lowest BCUT2D eigenvalue weighted by Gasteiger charge is -2.28. The van der Waals surface area contributed by atoms with Crippen LogP contribution in [0, 0.1) is 0 Å². The van der Waals surface area contributed by atoms with Gasteiger partial charge in [0.1, 0.15) is 0 Å². The summed E-state index contributed by atoms with van der Waals surface area (Å²) in [5.41, 5.74) is 3.17. The molecule has 0 unspecified atom stereocenters. The number of H-pyrrole nitrogens is 1. The van der Waals surface area contributed by atoms with Crippen LogP contribution in [-0.2, 0) is 29.0 Å². The van der Waals surface area contributed by atoms with Gasteiger partial charge in [0.25, 0.3) is 0 Å². The summed E-state index contributed by atoms with van der Waals surface area (Å²) in [7, 11) is 3.21. The Morgan fingerprint density at radius 1 is 0.923 bits per heavy atom. The molecule has 2 heterocycles. The third-order valence-corrected chi connectivity index (χ3v) is 7.74. The van der Waals surface area contributed by atoms with Crippen molar-refractivity contribution in [1.29, 1.82) is 0 Å². The Morgan fingerprint density at radius 3 is 2.49 bits per heavy atom. The van der Waals surface area contributed by atoms with E-state index in [1.165, 1.54) is 0 Å². The van der Waals surface area contributed by atoms with Gasteiger partial charge in [-0.25, -0.2) is 0 Å². The summed E-state index contributed by atoms with van der Waals surface area (Å²) in [5, 5.41) is 3.13. The van der Waals surface area contributed by atoms with Crippen LogP contribution < -0.4 is 9.47 Å². The minimum absolute atomic E-state index is 0.0121. The van der Waals surface area contributed by atoms with Crippen molar-refractivity contribution in [3.63, 3.8) is 0 Å². The second kappa shape index (κ2) is 13.8. The molecule has 206 valence electrons. The largest absolute Gasteiger partial charge is 0.493 e. The van der Waals surface area contributed by atoms with Gasteiger partial charge >= 0.3 is 0 Å². The Labute approximate surface area is 234 Å². The van der Waals surface area contributed by atoms with Crippen LogP contribution in [0.25, 0.3) is 10.9 Å². The topological polar surface area (TPSA) is 74.9 Å². The van der Waals surface area contributed by atoms with Crippen LogP contribution in [0.2, 0.25) is 0 Å². The van der Waals surface area contributed by atoms with Gasteiger partial charge in [-0.15, -0.1) is 11.3 Å². The summed E-state index contributed by atoms with van der Waals surface area (Å²) in [4.78, 5) is 34.9. The molecule has 2 aromatic heterocycles. The maximum Gasteiger partial charge on any atom is 0.242 e. The van der Waals surface area contributed by atoms with Crippen molar-refractivity contribution in [3.05, 3.63) is 82.2 Å². The Kier molecular flexibility index (Phi) is 10.0. The summed E-state index contributed by atoms with van der Waals surface area (Å²) >= 11 is 1.57. The first kappa shape index (κ1) is 28.2. The van der Waals surface area contributed by atoms with E-state index in [1.807, 2.05) is 58.9 Å². The predicted octanol–water partition coefficient (Wildman–Crippen LogP) is 5.69. The molecule has 2 aromatic carbocycles. The number of carbonyl (C=O) groups excluding carboxylic acids is 2. The molecule has 8 heteroatoms. The molecule has 1 N–H and O–H groups in total. The number of para-hydroxylation sites is 1. The van der Waals surface area contributed by atoms with Gasteiger partial charge in [-0.3, -0.25) is 9.59 Å². The van der Waals surface area contributed by atoms with Crippen LogP contribution in [0.1, 0.15) is 35.8 Å². The van der Waals surface area contributed by atoms with Crippen LogP contribution in [0.15, 0.2) is 66.2 Å². The summed E-state index contributed by atoms with van der Waals surface area (Å²) < 4.78 is 10.9. The standard InChI is InChI=1S/C31H37N3O4S/c1-4-5-15-33(30(35)19-25-9-8-17-39-25)22-31(36)34(21-23-12-13-28(37-2)29(18-23)38-3)16-14-24-20-32-27-11-7-6-10-26(24)27/h6-13,17-18,20,32H,4-5,14-16,19,21-22H2,1-3H3. The van der Waals surface area contributed by atoms with Crippen LogP contribution in [0.4, 0.5) is 0 Å². The van der Waals surface area contributed by atoms with Gasteiger partial charge < -0.3 is 24.3 Å². The van der Waals surface area contributed by atoms with E-state index in [9.17, 15) is 9.59 Å². The molecule has 0 saturated carbocycles. The number of carbonyl (C=O) groups is 2. The van der Waals surface area contributed by atoms with Crippen LogP contribution >= 0.6 is 11.3 Å². The van der Waals surface area contributed by atoms with Crippen molar-refractivity contribution in [2.45, 2.75) is 39.2 Å². The Balaban J connectivity index is 1.54. The van der Waals surface area contributed by atoms with Crippen molar-refractivity contribution in [2.24, 2.45) is 0 Å². The quantitative estimate of drug-likeness (QED) is 0.220. The van der Waals surface area contributed by atoms with Gasteiger partial charge in [-0.2, -0.15) is 0 Å². The Hall–Kier alpha value is -3.78. The van der Waals surface area contributed by atoms with E-state index in [4.69, 9.17) is 9.47 Å². The summed E-state index contributed by atoms with van der Waals surface area (Å²) in [5.74, 6) is 1.18. The fourth-order valence-electron chi connectivity index (χ4n) is 4.66. The van der Waals surface area contributed by atoms with Gasteiger partial charge in [-0.1, -0.05) is 43.7 Å². The monoisotopic (exact) mass is 547 g/mol. The molecule has 0 spiro atoms. The summed E-state index contributed by atoms with van der Waals surface area (Å²) in [6.45, 7) is 3.65. The first-order valence-corrected chi connectivity index (χ1v) is 14.2. The molecule has 0 aliphatic heterocycles. The SMILES string of the molecule is CCCCN(CC(=O)N(CCc1c[nH]c2ccccc12)Cc1ccc(OC)c(OC)c1)C(=O)Cc1cccs1. The van der Waals surface area contributed by atoms with Crippen molar-refractivity contribution in [3.8, 4) is 11.5 Å². The molecule has 0 aliphatic carbocycles. The highest BCUT2D eigenvalue weighted by molar-refractivity contribution is 7.10. The second-order valence-electron chi connectivity index (χ2n) is 9.54. The highest BCUT2D eigenvalue weighted by Gasteiger charge is 2.22. The molecule has 7 nitrogen and oxygen atoms in total. The van der Waals surface area contributed by atoms with Gasteiger partial charge in [0.05, 0.1) is 27.2 Å². The van der Waals surface area contributed by atoms with E-state index in [0.717, 1.165) is 39.7 Å². The molecule has 4 rings (SSSR count). The maximum absolute atomic E-state index is 13.8. The molecule has 4 aromatic rings. The van der Waals surface area contributed by atoms with Gasteiger partial charge in [-0.05, 0) is 53.6 Å². The number of hydrogen-bond donors (Lipinski definition) is 1. The highest BCUT2D eigenvalue weighted by atomic mass is 32.1. The Morgan fingerprint density at radius 2 is 1.74 bits per heavy atom. The third kappa shape index (κ3) is 7.41. The number of aromatic nitrogens is 1. The number of methoxy groups -OCH3 is 2.